The van der Waals surface area contributed by atoms with Gasteiger partial charge < -0.3 is 26.6 Å². The molecule has 5 nitrogen and oxygen atoms in total. The van der Waals surface area contributed by atoms with Crippen LogP contribution in [0.15, 0.2) is 73.5 Å². The Labute approximate surface area is 164 Å². The maximum atomic E-state index is 11.1. The van der Waals surface area contributed by atoms with Crippen molar-refractivity contribution < 1.29 is 36.0 Å². The van der Waals surface area contributed by atoms with E-state index in [-0.39, 0.29) is 19.0 Å². The van der Waals surface area contributed by atoms with Crippen LogP contribution in [0.2, 0.25) is 0 Å². The number of hydrogen-bond donors (Lipinski definition) is 0. The molecule has 27 heavy (non-hydrogen) atoms. The highest BCUT2D eigenvalue weighted by molar-refractivity contribution is 5.81. The molecule has 3 rings (SSSR count). The standard InChI is InChI=1S/C21H20NO4.ClH/c1-3-20(23)24-14-19-15-25-21(26-19)18-8-6-16(7-9-18)4-5-17-10-12-22(2)13-11-17;/h3-13,15,21H,1,14H2,2H3;1H/q+1;/p-1. The highest BCUT2D eigenvalue weighted by Crippen LogP contribution is 2.28. The molecule has 140 valence electrons. The first kappa shape index (κ1) is 20.3. The molecule has 1 aliphatic rings. The summed E-state index contributed by atoms with van der Waals surface area (Å²) in [6.45, 7) is 3.37. The fourth-order valence-corrected chi connectivity index (χ4v) is 2.33. The van der Waals surface area contributed by atoms with Gasteiger partial charge in [-0.15, -0.1) is 0 Å². The van der Waals surface area contributed by atoms with Crippen LogP contribution in [-0.2, 0) is 26.1 Å². The number of aryl methyl sites for hydroxylation is 1. The molecule has 0 bridgehead atoms. The van der Waals surface area contributed by atoms with Crippen molar-refractivity contribution in [2.75, 3.05) is 6.61 Å². The summed E-state index contributed by atoms with van der Waals surface area (Å²) in [5.41, 5.74) is 3.10. The number of carbonyl (C=O) groups is 1. The van der Waals surface area contributed by atoms with E-state index in [1.54, 1.807) is 0 Å². The van der Waals surface area contributed by atoms with Crippen molar-refractivity contribution in [1.29, 1.82) is 0 Å². The molecular formula is C21H20ClNO4. The number of ether oxygens (including phenoxy) is 3. The predicted molar refractivity (Wildman–Crippen MR) is 97.1 cm³/mol. The third-order valence-electron chi connectivity index (χ3n) is 3.79. The lowest BCUT2D eigenvalue weighted by atomic mass is 10.1. The van der Waals surface area contributed by atoms with E-state index in [0.29, 0.717) is 5.76 Å². The second-order valence-corrected chi connectivity index (χ2v) is 5.78. The number of hydrogen-bond acceptors (Lipinski definition) is 4. The molecule has 0 radical (unpaired) electrons. The lowest BCUT2D eigenvalue weighted by molar-refractivity contribution is -0.671. The Balaban J connectivity index is 0.00000261. The van der Waals surface area contributed by atoms with Crippen LogP contribution in [0.1, 0.15) is 23.0 Å². The number of esters is 1. The molecule has 0 spiro atoms. The summed E-state index contributed by atoms with van der Waals surface area (Å²) in [6, 6.07) is 12.0. The summed E-state index contributed by atoms with van der Waals surface area (Å²) in [6.07, 6.45) is 10.2. The first-order chi connectivity index (χ1) is 12.6. The zero-order chi connectivity index (χ0) is 18.4. The lowest BCUT2D eigenvalue weighted by Crippen LogP contribution is -3.00. The first-order valence-corrected chi connectivity index (χ1v) is 8.18. The number of rotatable bonds is 6. The number of halogens is 1. The van der Waals surface area contributed by atoms with Crippen molar-refractivity contribution in [1.82, 2.24) is 0 Å². The molecule has 0 amide bonds. The van der Waals surface area contributed by atoms with Crippen LogP contribution in [0.25, 0.3) is 12.2 Å². The predicted octanol–water partition coefficient (Wildman–Crippen LogP) is 0.302. The van der Waals surface area contributed by atoms with Gasteiger partial charge in [0.15, 0.2) is 24.8 Å². The van der Waals surface area contributed by atoms with Gasteiger partial charge in [0.1, 0.15) is 13.3 Å². The van der Waals surface area contributed by atoms with Crippen LogP contribution < -0.4 is 17.0 Å². The van der Waals surface area contributed by atoms with E-state index in [1.165, 1.54) is 6.26 Å². The van der Waals surface area contributed by atoms with E-state index in [2.05, 4.69) is 24.8 Å². The van der Waals surface area contributed by atoms with Gasteiger partial charge in [-0.05, 0) is 11.1 Å². The molecule has 0 fully saturated rings. The second kappa shape index (κ2) is 9.59. The maximum Gasteiger partial charge on any atom is 0.330 e. The molecule has 6 heteroatoms. The van der Waals surface area contributed by atoms with Gasteiger partial charge in [0.05, 0.1) is 0 Å². The molecule has 1 unspecified atom stereocenters. The third-order valence-corrected chi connectivity index (χ3v) is 3.79. The van der Waals surface area contributed by atoms with Gasteiger partial charge in [-0.25, -0.2) is 9.36 Å². The normalized spacial score (nSPS) is 15.3. The summed E-state index contributed by atoms with van der Waals surface area (Å²) in [4.78, 5) is 11.1. The highest BCUT2D eigenvalue weighted by Gasteiger charge is 2.22. The van der Waals surface area contributed by atoms with Gasteiger partial charge in [0.25, 0.3) is 6.29 Å². The molecule has 0 aliphatic carbocycles. The second-order valence-electron chi connectivity index (χ2n) is 5.78. The number of benzene rings is 1. The van der Waals surface area contributed by atoms with Crippen LogP contribution in [0.4, 0.5) is 0 Å². The topological polar surface area (TPSA) is 48.6 Å². The minimum atomic E-state index is -0.528. The van der Waals surface area contributed by atoms with Crippen molar-refractivity contribution in [3.63, 3.8) is 0 Å². The minimum Gasteiger partial charge on any atom is -1.00 e. The number of aromatic nitrogens is 1. The Bertz CT molecular complexity index is 841. The summed E-state index contributed by atoms with van der Waals surface area (Å²) < 4.78 is 18.0. The fourth-order valence-electron chi connectivity index (χ4n) is 2.33. The van der Waals surface area contributed by atoms with Crippen molar-refractivity contribution >= 4 is 18.1 Å². The van der Waals surface area contributed by atoms with Gasteiger partial charge in [0, 0.05) is 23.8 Å². The van der Waals surface area contributed by atoms with Crippen LogP contribution in [0.5, 0.6) is 0 Å². The molecule has 1 atom stereocenters. The Kier molecular flexibility index (Phi) is 7.20. The SMILES string of the molecule is C=CC(=O)OCC1=COC(c2ccc(C=Cc3cc[n+](C)cc3)cc2)O1.[Cl-]. The molecule has 0 saturated carbocycles. The van der Waals surface area contributed by atoms with E-state index in [4.69, 9.17) is 14.2 Å². The minimum absolute atomic E-state index is 0. The molecule has 2 aromatic rings. The molecule has 1 aromatic carbocycles. The first-order valence-electron chi connectivity index (χ1n) is 8.18. The summed E-state index contributed by atoms with van der Waals surface area (Å²) in [5.74, 6) is -0.0346. The van der Waals surface area contributed by atoms with E-state index in [9.17, 15) is 4.79 Å². The lowest BCUT2D eigenvalue weighted by Gasteiger charge is -2.12. The summed E-state index contributed by atoms with van der Waals surface area (Å²) in [5, 5.41) is 0. The van der Waals surface area contributed by atoms with E-state index < -0.39 is 12.3 Å². The van der Waals surface area contributed by atoms with E-state index in [1.807, 2.05) is 54.3 Å². The highest BCUT2D eigenvalue weighted by atomic mass is 35.5. The number of carbonyl (C=O) groups excluding carboxylic acids is 1. The molecule has 1 aliphatic heterocycles. The van der Waals surface area contributed by atoms with Crippen molar-refractivity contribution in [3.8, 4) is 0 Å². The zero-order valence-corrected chi connectivity index (χ0v) is 15.6. The molecule has 0 N–H and O–H groups in total. The fraction of sp³-hybridized carbons (Fsp3) is 0.143. The molecule has 0 saturated heterocycles. The number of nitrogens with zero attached hydrogens (tertiary/aromatic N) is 1. The Morgan fingerprint density at radius 2 is 1.78 bits per heavy atom. The summed E-state index contributed by atoms with van der Waals surface area (Å²) in [7, 11) is 1.99. The van der Waals surface area contributed by atoms with Crippen LogP contribution in [0.3, 0.4) is 0 Å². The van der Waals surface area contributed by atoms with Gasteiger partial charge in [-0.3, -0.25) is 0 Å². The number of pyridine rings is 1. The van der Waals surface area contributed by atoms with Crippen LogP contribution in [-0.4, -0.2) is 12.6 Å². The summed E-state index contributed by atoms with van der Waals surface area (Å²) >= 11 is 0. The molecular weight excluding hydrogens is 366 g/mol. The zero-order valence-electron chi connectivity index (χ0n) is 14.9. The monoisotopic (exact) mass is 385 g/mol. The van der Waals surface area contributed by atoms with Gasteiger partial charge in [-0.1, -0.05) is 43.0 Å². The largest absolute Gasteiger partial charge is 1.00 e. The Morgan fingerprint density at radius 3 is 2.41 bits per heavy atom. The van der Waals surface area contributed by atoms with Gasteiger partial charge in [-0.2, -0.15) is 0 Å². The quantitative estimate of drug-likeness (QED) is 0.408. The Morgan fingerprint density at radius 1 is 1.15 bits per heavy atom. The van der Waals surface area contributed by atoms with Crippen molar-refractivity contribution in [3.05, 3.63) is 90.2 Å². The van der Waals surface area contributed by atoms with Crippen LogP contribution in [0, 0.1) is 0 Å². The van der Waals surface area contributed by atoms with Crippen molar-refractivity contribution in [2.45, 2.75) is 6.29 Å². The van der Waals surface area contributed by atoms with E-state index in [0.717, 1.165) is 22.8 Å². The molecule has 2 heterocycles. The maximum absolute atomic E-state index is 11.1. The van der Waals surface area contributed by atoms with Gasteiger partial charge in [0.2, 0.25) is 0 Å². The molecule has 1 aromatic heterocycles. The average molecular weight is 386 g/mol. The Hall–Kier alpha value is -3.05. The average Bonchev–Trinajstić information content (AvgIpc) is 3.15. The van der Waals surface area contributed by atoms with Crippen LogP contribution >= 0.6 is 0 Å². The third kappa shape index (κ3) is 5.72. The van der Waals surface area contributed by atoms with Crippen molar-refractivity contribution in [2.24, 2.45) is 7.05 Å². The van der Waals surface area contributed by atoms with E-state index >= 15 is 0 Å². The smallest absolute Gasteiger partial charge is 0.330 e. The van der Waals surface area contributed by atoms with Gasteiger partial charge >= 0.3 is 5.97 Å².